The third-order valence-electron chi connectivity index (χ3n) is 5.67. The van der Waals surface area contributed by atoms with E-state index < -0.39 is 10.0 Å². The van der Waals surface area contributed by atoms with Gasteiger partial charge < -0.3 is 15.0 Å². The van der Waals surface area contributed by atoms with E-state index in [9.17, 15) is 17.6 Å². The molecule has 0 spiro atoms. The van der Waals surface area contributed by atoms with Gasteiger partial charge in [0.25, 0.3) is 5.91 Å². The van der Waals surface area contributed by atoms with Gasteiger partial charge in [0.05, 0.1) is 5.75 Å². The van der Waals surface area contributed by atoms with Gasteiger partial charge in [-0.25, -0.2) is 17.8 Å². The number of halogens is 1. The van der Waals surface area contributed by atoms with Crippen LogP contribution in [0.5, 0.6) is 5.75 Å². The number of rotatable bonds is 9. The third-order valence-corrected chi connectivity index (χ3v) is 7.54. The largest absolute Gasteiger partial charge is 0.489 e. The topological polar surface area (TPSA) is 91.8 Å². The average Bonchev–Trinajstić information content (AvgIpc) is 2.89. The number of hydrogen-bond donors (Lipinski definition) is 1. The first-order valence-corrected chi connectivity index (χ1v) is 12.9. The summed E-state index contributed by atoms with van der Waals surface area (Å²) in [5.41, 5.74) is 1.16. The summed E-state index contributed by atoms with van der Waals surface area (Å²) in [6.07, 6.45) is 1.72. The van der Waals surface area contributed by atoms with Crippen molar-refractivity contribution in [1.82, 2.24) is 14.6 Å². The van der Waals surface area contributed by atoms with Crippen molar-refractivity contribution in [2.45, 2.75) is 6.61 Å². The summed E-state index contributed by atoms with van der Waals surface area (Å²) in [6.45, 7) is 2.11. The Morgan fingerprint density at radius 3 is 2.49 bits per heavy atom. The van der Waals surface area contributed by atoms with E-state index in [4.69, 9.17) is 4.74 Å². The molecule has 3 aromatic rings. The molecule has 1 N–H and O–H groups in total. The molecule has 1 aliphatic heterocycles. The van der Waals surface area contributed by atoms with E-state index in [0.717, 1.165) is 11.4 Å². The number of nitrogens with zero attached hydrogens (tertiary/aromatic N) is 3. The molecular formula is C25H27FN4O4S. The van der Waals surface area contributed by atoms with Crippen LogP contribution in [0.4, 0.5) is 10.2 Å². The minimum Gasteiger partial charge on any atom is -0.489 e. The molecule has 1 amide bonds. The summed E-state index contributed by atoms with van der Waals surface area (Å²) < 4.78 is 45.6. The van der Waals surface area contributed by atoms with Crippen LogP contribution in [0.15, 0.2) is 72.9 Å². The minimum absolute atomic E-state index is 0.00227. The molecule has 35 heavy (non-hydrogen) atoms. The second-order valence-corrected chi connectivity index (χ2v) is 10.2. The van der Waals surface area contributed by atoms with Gasteiger partial charge in [0.2, 0.25) is 10.0 Å². The van der Waals surface area contributed by atoms with Gasteiger partial charge in [0, 0.05) is 44.5 Å². The molecule has 2 aromatic carbocycles. The molecule has 0 saturated carbocycles. The van der Waals surface area contributed by atoms with Crippen molar-refractivity contribution in [1.29, 1.82) is 0 Å². The van der Waals surface area contributed by atoms with E-state index in [0.29, 0.717) is 37.5 Å². The highest BCUT2D eigenvalue weighted by atomic mass is 32.2. The van der Waals surface area contributed by atoms with Crippen LogP contribution in [-0.2, 0) is 16.6 Å². The lowest BCUT2D eigenvalue weighted by Gasteiger charge is -2.34. The zero-order valence-electron chi connectivity index (χ0n) is 19.1. The van der Waals surface area contributed by atoms with Gasteiger partial charge in [-0.15, -0.1) is 0 Å². The van der Waals surface area contributed by atoms with Crippen molar-refractivity contribution in [3.63, 3.8) is 0 Å². The quantitative estimate of drug-likeness (QED) is 0.488. The standard InChI is InChI=1S/C25H27FN4O4S/c26-22-9-7-20(8-10-22)19-34-23-5-3-4-21(18-23)25(31)28-12-17-35(32,33)30-15-13-29(14-16-30)24-6-1-2-11-27-24/h1-11,18H,12-17,19H2,(H,28,31). The number of benzene rings is 2. The van der Waals surface area contributed by atoms with Crippen molar-refractivity contribution in [3.8, 4) is 5.75 Å². The molecule has 1 fully saturated rings. The Bertz CT molecular complexity index is 1230. The van der Waals surface area contributed by atoms with Gasteiger partial charge >= 0.3 is 0 Å². The van der Waals surface area contributed by atoms with Crippen molar-refractivity contribution in [3.05, 3.63) is 89.9 Å². The molecule has 4 rings (SSSR count). The Balaban J connectivity index is 1.24. The number of hydrogen-bond acceptors (Lipinski definition) is 6. The van der Waals surface area contributed by atoms with Crippen molar-refractivity contribution >= 4 is 21.7 Å². The summed E-state index contributed by atoms with van der Waals surface area (Å²) in [6, 6.07) is 18.3. The van der Waals surface area contributed by atoms with Crippen LogP contribution in [0, 0.1) is 5.82 Å². The molecule has 0 atom stereocenters. The number of nitrogens with one attached hydrogen (secondary N) is 1. The second-order valence-electron chi connectivity index (χ2n) is 8.09. The minimum atomic E-state index is -3.50. The van der Waals surface area contributed by atoms with Gasteiger partial charge in [0.1, 0.15) is 24.0 Å². The van der Waals surface area contributed by atoms with Gasteiger partial charge in [-0.3, -0.25) is 4.79 Å². The third kappa shape index (κ3) is 6.77. The Labute approximate surface area is 204 Å². The fourth-order valence-electron chi connectivity index (χ4n) is 3.74. The first-order valence-electron chi connectivity index (χ1n) is 11.3. The summed E-state index contributed by atoms with van der Waals surface area (Å²) >= 11 is 0. The number of sulfonamides is 1. The number of aromatic nitrogens is 1. The number of anilines is 1. The molecule has 0 radical (unpaired) electrons. The molecule has 0 aliphatic carbocycles. The number of carbonyl (C=O) groups is 1. The normalized spacial score (nSPS) is 14.5. The first-order chi connectivity index (χ1) is 16.9. The van der Waals surface area contributed by atoms with Crippen molar-refractivity contribution in [2.75, 3.05) is 43.4 Å². The average molecular weight is 499 g/mol. The SMILES string of the molecule is O=C(NCCS(=O)(=O)N1CCN(c2ccccn2)CC1)c1cccc(OCc2ccc(F)cc2)c1. The number of piperazine rings is 1. The number of ether oxygens (including phenoxy) is 1. The van der Waals surface area contributed by atoms with Crippen LogP contribution in [0.3, 0.4) is 0 Å². The summed E-state index contributed by atoms with van der Waals surface area (Å²) in [5.74, 6) is 0.443. The van der Waals surface area contributed by atoms with Crippen molar-refractivity contribution < 1.29 is 22.3 Å². The summed E-state index contributed by atoms with van der Waals surface area (Å²) in [5, 5.41) is 2.67. The van der Waals surface area contributed by atoms with Crippen LogP contribution >= 0.6 is 0 Å². The maximum atomic E-state index is 13.0. The Morgan fingerprint density at radius 2 is 1.77 bits per heavy atom. The molecule has 1 aliphatic rings. The molecule has 0 unspecified atom stereocenters. The summed E-state index contributed by atoms with van der Waals surface area (Å²) in [7, 11) is -3.50. The predicted molar refractivity (Wildman–Crippen MR) is 131 cm³/mol. The van der Waals surface area contributed by atoms with E-state index in [1.807, 2.05) is 18.2 Å². The van der Waals surface area contributed by atoms with Crippen LogP contribution in [0.2, 0.25) is 0 Å². The van der Waals surface area contributed by atoms with E-state index >= 15 is 0 Å². The molecule has 10 heteroatoms. The number of pyridine rings is 1. The van der Waals surface area contributed by atoms with Gasteiger partial charge in [-0.05, 0) is 48.0 Å². The van der Waals surface area contributed by atoms with Crippen LogP contribution in [-0.4, -0.2) is 62.1 Å². The van der Waals surface area contributed by atoms with E-state index in [1.54, 1.807) is 42.6 Å². The maximum absolute atomic E-state index is 13.0. The lowest BCUT2D eigenvalue weighted by Crippen LogP contribution is -2.50. The molecule has 184 valence electrons. The van der Waals surface area contributed by atoms with Gasteiger partial charge in [-0.2, -0.15) is 4.31 Å². The van der Waals surface area contributed by atoms with Crippen LogP contribution in [0.25, 0.3) is 0 Å². The Morgan fingerprint density at radius 1 is 1.00 bits per heavy atom. The van der Waals surface area contributed by atoms with E-state index in [2.05, 4.69) is 15.2 Å². The fourth-order valence-corrected chi connectivity index (χ4v) is 5.07. The van der Waals surface area contributed by atoms with Crippen LogP contribution < -0.4 is 15.0 Å². The van der Waals surface area contributed by atoms with Crippen LogP contribution in [0.1, 0.15) is 15.9 Å². The highest BCUT2D eigenvalue weighted by Gasteiger charge is 2.27. The van der Waals surface area contributed by atoms with Gasteiger partial charge in [-0.1, -0.05) is 24.3 Å². The lowest BCUT2D eigenvalue weighted by atomic mass is 10.2. The highest BCUT2D eigenvalue weighted by molar-refractivity contribution is 7.89. The summed E-state index contributed by atoms with van der Waals surface area (Å²) in [4.78, 5) is 18.9. The molecule has 8 nitrogen and oxygen atoms in total. The monoisotopic (exact) mass is 498 g/mol. The maximum Gasteiger partial charge on any atom is 0.251 e. The Hall–Kier alpha value is -3.50. The molecule has 0 bridgehead atoms. The first kappa shape index (κ1) is 24.6. The Kier molecular flexibility index (Phi) is 7.94. The smallest absolute Gasteiger partial charge is 0.251 e. The van der Waals surface area contributed by atoms with Crippen molar-refractivity contribution in [2.24, 2.45) is 0 Å². The zero-order chi connectivity index (χ0) is 24.7. The predicted octanol–water partition coefficient (Wildman–Crippen LogP) is 2.68. The van der Waals surface area contributed by atoms with E-state index in [-0.39, 0.29) is 30.6 Å². The molecule has 2 heterocycles. The highest BCUT2D eigenvalue weighted by Crippen LogP contribution is 2.17. The van der Waals surface area contributed by atoms with Gasteiger partial charge in [0.15, 0.2) is 0 Å². The number of amides is 1. The molecular weight excluding hydrogens is 471 g/mol. The molecule has 1 saturated heterocycles. The molecule has 1 aromatic heterocycles. The lowest BCUT2D eigenvalue weighted by molar-refractivity contribution is 0.0955. The van der Waals surface area contributed by atoms with E-state index in [1.165, 1.54) is 16.4 Å². The second kappa shape index (κ2) is 11.3. The zero-order valence-corrected chi connectivity index (χ0v) is 20.0. The fraction of sp³-hybridized carbons (Fsp3) is 0.280. The number of carbonyl (C=O) groups excluding carboxylic acids is 1.